The Morgan fingerprint density at radius 2 is 2.14 bits per heavy atom. The SMILES string of the molecule is COc1ccc2ncc(CO)c(CCCC3(C(=O)NO)CCN(CC#Cc4cccs4)CC3)c2c1. The van der Waals surface area contributed by atoms with Gasteiger partial charge in [0, 0.05) is 24.7 Å². The third-order valence-electron chi connectivity index (χ3n) is 6.96. The van der Waals surface area contributed by atoms with Gasteiger partial charge >= 0.3 is 0 Å². The summed E-state index contributed by atoms with van der Waals surface area (Å²) in [4.78, 5) is 20.5. The number of thiophene rings is 1. The van der Waals surface area contributed by atoms with Crippen LogP contribution in [0.5, 0.6) is 5.75 Å². The lowest BCUT2D eigenvalue weighted by Crippen LogP contribution is -2.48. The van der Waals surface area contributed by atoms with Gasteiger partial charge in [-0.05, 0) is 72.9 Å². The minimum atomic E-state index is -0.619. The van der Waals surface area contributed by atoms with Crippen LogP contribution in [0.25, 0.3) is 10.9 Å². The van der Waals surface area contributed by atoms with Crippen molar-refractivity contribution in [2.24, 2.45) is 5.41 Å². The topological polar surface area (TPSA) is 94.9 Å². The van der Waals surface area contributed by atoms with Crippen molar-refractivity contribution in [2.75, 3.05) is 26.7 Å². The molecule has 4 rings (SSSR count). The van der Waals surface area contributed by atoms with E-state index >= 15 is 0 Å². The fourth-order valence-electron chi connectivity index (χ4n) is 4.87. The summed E-state index contributed by atoms with van der Waals surface area (Å²) in [5, 5.41) is 22.3. The highest BCUT2D eigenvalue weighted by atomic mass is 32.1. The van der Waals surface area contributed by atoms with Gasteiger partial charge in [-0.3, -0.25) is 19.9 Å². The van der Waals surface area contributed by atoms with Gasteiger partial charge in [0.05, 0.1) is 36.1 Å². The van der Waals surface area contributed by atoms with E-state index in [-0.39, 0.29) is 12.5 Å². The number of ether oxygens (including phenoxy) is 1. The molecule has 1 aromatic carbocycles. The van der Waals surface area contributed by atoms with Gasteiger partial charge in [0.2, 0.25) is 5.91 Å². The predicted octanol–water partition coefficient (Wildman–Crippen LogP) is 3.76. The van der Waals surface area contributed by atoms with Gasteiger partial charge in [-0.1, -0.05) is 17.9 Å². The van der Waals surface area contributed by atoms with Crippen LogP contribution in [0.15, 0.2) is 41.9 Å². The summed E-state index contributed by atoms with van der Waals surface area (Å²) in [6.07, 6.45) is 5.13. The van der Waals surface area contributed by atoms with E-state index in [0.29, 0.717) is 32.2 Å². The zero-order valence-corrected chi connectivity index (χ0v) is 20.7. The van der Waals surface area contributed by atoms with Crippen molar-refractivity contribution in [3.8, 4) is 17.6 Å². The molecular weight excluding hydrogens is 462 g/mol. The quantitative estimate of drug-likeness (QED) is 0.251. The average Bonchev–Trinajstić information content (AvgIpc) is 3.42. The molecule has 0 aliphatic carbocycles. The molecular formula is C27H31N3O4S. The molecule has 1 aliphatic rings. The van der Waals surface area contributed by atoms with Crippen molar-refractivity contribution in [1.82, 2.24) is 15.4 Å². The Balaban J connectivity index is 1.43. The van der Waals surface area contributed by atoms with Crippen molar-refractivity contribution >= 4 is 28.1 Å². The maximum Gasteiger partial charge on any atom is 0.249 e. The van der Waals surface area contributed by atoms with Gasteiger partial charge in [-0.25, -0.2) is 5.48 Å². The van der Waals surface area contributed by atoms with Crippen molar-refractivity contribution < 1.29 is 19.8 Å². The van der Waals surface area contributed by atoms with E-state index in [2.05, 4.69) is 21.7 Å². The molecule has 0 spiro atoms. The summed E-state index contributed by atoms with van der Waals surface area (Å²) in [7, 11) is 1.63. The molecule has 0 bridgehead atoms. The standard InChI is InChI=1S/C27H31N3O4S/c1-34-21-8-9-25-24(17-21)23(20(19-31)18-28-25)7-2-10-27(26(32)29-33)11-14-30(15-12-27)13-3-5-22-6-4-16-35-22/h4,6,8-9,16-18,31,33H,2,7,10-15,19H2,1H3,(H,29,32). The molecule has 0 atom stereocenters. The number of amides is 1. The van der Waals surface area contributed by atoms with Crippen LogP contribution in [0.2, 0.25) is 0 Å². The van der Waals surface area contributed by atoms with Gasteiger partial charge in [0.15, 0.2) is 0 Å². The largest absolute Gasteiger partial charge is 0.497 e. The van der Waals surface area contributed by atoms with Crippen LogP contribution < -0.4 is 10.2 Å². The molecule has 2 aromatic heterocycles. The number of hydroxylamine groups is 1. The summed E-state index contributed by atoms with van der Waals surface area (Å²) in [6.45, 7) is 2.08. The number of methoxy groups -OCH3 is 1. The van der Waals surface area contributed by atoms with Gasteiger partial charge in [-0.15, -0.1) is 11.3 Å². The number of aliphatic hydroxyl groups is 1. The number of nitrogens with one attached hydrogen (secondary N) is 1. The minimum absolute atomic E-state index is 0.0980. The molecule has 1 fully saturated rings. The summed E-state index contributed by atoms with van der Waals surface area (Å²) >= 11 is 1.63. The maximum absolute atomic E-state index is 12.8. The number of aryl methyl sites for hydroxylation is 1. The van der Waals surface area contributed by atoms with Crippen molar-refractivity contribution in [1.29, 1.82) is 0 Å². The minimum Gasteiger partial charge on any atom is -0.497 e. The van der Waals surface area contributed by atoms with E-state index in [1.54, 1.807) is 24.6 Å². The van der Waals surface area contributed by atoms with Crippen LogP contribution in [-0.2, 0) is 17.8 Å². The van der Waals surface area contributed by atoms with Gasteiger partial charge in [-0.2, -0.15) is 0 Å². The van der Waals surface area contributed by atoms with Crippen LogP contribution in [0.4, 0.5) is 0 Å². The van der Waals surface area contributed by atoms with Crippen molar-refractivity contribution in [2.45, 2.75) is 38.7 Å². The number of fused-ring (bicyclic) bond motifs is 1. The van der Waals surface area contributed by atoms with Crippen molar-refractivity contribution in [3.05, 3.63) is 57.9 Å². The Morgan fingerprint density at radius 3 is 2.83 bits per heavy atom. The molecule has 3 heterocycles. The smallest absolute Gasteiger partial charge is 0.249 e. The Hall–Kier alpha value is -2.96. The number of piperidine rings is 1. The van der Waals surface area contributed by atoms with E-state index in [9.17, 15) is 15.1 Å². The number of hydrogen-bond donors (Lipinski definition) is 3. The van der Waals surface area contributed by atoms with Gasteiger partial charge in [0.25, 0.3) is 0 Å². The first-order chi connectivity index (χ1) is 17.1. The number of carbonyl (C=O) groups is 1. The molecule has 1 aliphatic heterocycles. The van der Waals surface area contributed by atoms with Crippen LogP contribution in [0.1, 0.15) is 41.7 Å². The average molecular weight is 494 g/mol. The second-order valence-corrected chi connectivity index (χ2v) is 9.88. The summed E-state index contributed by atoms with van der Waals surface area (Å²) in [6, 6.07) is 9.73. The molecule has 0 radical (unpaired) electrons. The second-order valence-electron chi connectivity index (χ2n) is 8.93. The van der Waals surface area contributed by atoms with E-state index in [1.165, 1.54) is 0 Å². The first-order valence-corrected chi connectivity index (χ1v) is 12.7. The van der Waals surface area contributed by atoms with Crippen LogP contribution in [0.3, 0.4) is 0 Å². The number of aromatic nitrogens is 1. The molecule has 0 saturated carbocycles. The Bertz CT molecular complexity index is 1200. The molecule has 0 unspecified atom stereocenters. The predicted molar refractivity (Wildman–Crippen MR) is 136 cm³/mol. The highest BCUT2D eigenvalue weighted by Crippen LogP contribution is 2.37. The molecule has 3 N–H and O–H groups in total. The summed E-state index contributed by atoms with van der Waals surface area (Å²) in [5.74, 6) is 6.84. The van der Waals surface area contributed by atoms with Crippen molar-refractivity contribution in [3.63, 3.8) is 0 Å². The molecule has 3 aromatic rings. The van der Waals surface area contributed by atoms with E-state index in [0.717, 1.165) is 52.2 Å². The Morgan fingerprint density at radius 1 is 1.31 bits per heavy atom. The number of rotatable bonds is 8. The fourth-order valence-corrected chi connectivity index (χ4v) is 5.46. The maximum atomic E-state index is 12.8. The third-order valence-corrected chi connectivity index (χ3v) is 7.75. The van der Waals surface area contributed by atoms with Gasteiger partial charge < -0.3 is 9.84 Å². The number of pyridine rings is 1. The van der Waals surface area contributed by atoms with E-state index < -0.39 is 5.41 Å². The lowest BCUT2D eigenvalue weighted by molar-refractivity contribution is -0.143. The zero-order valence-electron chi connectivity index (χ0n) is 19.9. The molecule has 1 saturated heterocycles. The van der Waals surface area contributed by atoms with Crippen LogP contribution in [-0.4, -0.2) is 52.8 Å². The molecule has 184 valence electrons. The molecule has 35 heavy (non-hydrogen) atoms. The number of aliphatic hydroxyl groups excluding tert-OH is 1. The summed E-state index contributed by atoms with van der Waals surface area (Å²) in [5.41, 5.74) is 3.95. The third kappa shape index (κ3) is 5.82. The van der Waals surface area contributed by atoms with Crippen LogP contribution >= 0.6 is 11.3 Å². The lowest BCUT2D eigenvalue weighted by Gasteiger charge is -2.39. The van der Waals surface area contributed by atoms with E-state index in [4.69, 9.17) is 4.74 Å². The molecule has 7 nitrogen and oxygen atoms in total. The van der Waals surface area contributed by atoms with Gasteiger partial charge in [0.1, 0.15) is 5.75 Å². The first-order valence-electron chi connectivity index (χ1n) is 11.8. The number of hydrogen-bond acceptors (Lipinski definition) is 7. The number of benzene rings is 1. The van der Waals surface area contributed by atoms with Crippen LogP contribution in [0, 0.1) is 17.3 Å². The number of nitrogens with zero attached hydrogens (tertiary/aromatic N) is 2. The lowest BCUT2D eigenvalue weighted by atomic mass is 9.73. The second kappa shape index (κ2) is 11.6. The molecule has 1 amide bonds. The fraction of sp³-hybridized carbons (Fsp3) is 0.407. The molecule has 8 heteroatoms. The Kier molecular flexibility index (Phi) is 8.37. The summed E-state index contributed by atoms with van der Waals surface area (Å²) < 4.78 is 5.39. The normalized spacial score (nSPS) is 15.4. The first kappa shape index (κ1) is 25.1. The highest BCUT2D eigenvalue weighted by molar-refractivity contribution is 7.10. The van der Waals surface area contributed by atoms with E-state index in [1.807, 2.05) is 41.2 Å². The Labute approximate surface area is 209 Å². The monoisotopic (exact) mass is 493 g/mol. The highest BCUT2D eigenvalue weighted by Gasteiger charge is 2.40. The number of likely N-dealkylation sites (tertiary alicyclic amines) is 1. The number of carbonyl (C=O) groups excluding carboxylic acids is 1. The zero-order chi connectivity index (χ0) is 24.7.